The highest BCUT2D eigenvalue weighted by atomic mass is 15.2. The van der Waals surface area contributed by atoms with E-state index >= 15 is 0 Å². The molecule has 0 aliphatic rings. The van der Waals surface area contributed by atoms with E-state index in [9.17, 15) is 0 Å². The van der Waals surface area contributed by atoms with Crippen LogP contribution in [0.3, 0.4) is 0 Å². The zero-order valence-electron chi connectivity index (χ0n) is 10.2. The molecule has 0 rings (SSSR count). The quantitative estimate of drug-likeness (QED) is 0.626. The van der Waals surface area contributed by atoms with E-state index in [-0.39, 0.29) is 0 Å². The molecule has 0 aromatic heterocycles. The van der Waals surface area contributed by atoms with Crippen molar-refractivity contribution in [1.82, 2.24) is 9.80 Å². The van der Waals surface area contributed by atoms with Crippen LogP contribution in [-0.2, 0) is 0 Å². The van der Waals surface area contributed by atoms with Crippen molar-refractivity contribution in [3.05, 3.63) is 0 Å². The van der Waals surface area contributed by atoms with E-state index in [1.807, 2.05) is 0 Å². The molecular formula is C11H26N2. The summed E-state index contributed by atoms with van der Waals surface area (Å²) in [5, 5.41) is 0. The predicted molar refractivity (Wildman–Crippen MR) is 60.1 cm³/mol. The average Bonchev–Trinajstić information content (AvgIpc) is 2.12. The highest BCUT2D eigenvalue weighted by Crippen LogP contribution is 2.07. The molecule has 0 aliphatic carbocycles. The van der Waals surface area contributed by atoms with Crippen molar-refractivity contribution in [3.63, 3.8) is 0 Å². The average molecular weight is 186 g/mol. The Morgan fingerprint density at radius 1 is 1.08 bits per heavy atom. The van der Waals surface area contributed by atoms with E-state index in [1.165, 1.54) is 13.0 Å². The van der Waals surface area contributed by atoms with Gasteiger partial charge in [-0.25, -0.2) is 0 Å². The van der Waals surface area contributed by atoms with Crippen molar-refractivity contribution in [2.24, 2.45) is 0 Å². The first-order valence-corrected chi connectivity index (χ1v) is 5.43. The number of nitrogens with zero attached hydrogens (tertiary/aromatic N) is 2. The van der Waals surface area contributed by atoms with Crippen molar-refractivity contribution >= 4 is 0 Å². The number of rotatable bonds is 6. The van der Waals surface area contributed by atoms with Gasteiger partial charge in [-0.1, -0.05) is 13.8 Å². The van der Waals surface area contributed by atoms with Gasteiger partial charge in [-0.3, -0.25) is 4.90 Å². The van der Waals surface area contributed by atoms with E-state index in [1.54, 1.807) is 0 Å². The van der Waals surface area contributed by atoms with E-state index < -0.39 is 0 Å². The largest absolute Gasteiger partial charge is 0.305 e. The van der Waals surface area contributed by atoms with Gasteiger partial charge in [0.15, 0.2) is 0 Å². The van der Waals surface area contributed by atoms with Crippen LogP contribution in [0.5, 0.6) is 0 Å². The molecule has 0 amide bonds. The Balaban J connectivity index is 4.01. The van der Waals surface area contributed by atoms with Gasteiger partial charge in [0.05, 0.1) is 0 Å². The first-order valence-electron chi connectivity index (χ1n) is 5.43. The fourth-order valence-corrected chi connectivity index (χ4v) is 1.46. The SMILES string of the molecule is CC[C@@H](CN(C)CC)N(C)C(C)C. The standard InChI is InChI=1S/C11H26N2/c1-7-11(9-12(5)8-2)13(6)10(3)4/h10-11H,7-9H2,1-6H3/t11-/m0/s1. The van der Waals surface area contributed by atoms with Crippen LogP contribution in [-0.4, -0.2) is 49.1 Å². The van der Waals surface area contributed by atoms with Crippen molar-refractivity contribution in [2.45, 2.75) is 46.2 Å². The molecule has 2 nitrogen and oxygen atoms in total. The van der Waals surface area contributed by atoms with Crippen molar-refractivity contribution in [3.8, 4) is 0 Å². The second kappa shape index (κ2) is 6.39. The smallest absolute Gasteiger partial charge is 0.0220 e. The van der Waals surface area contributed by atoms with Crippen LogP contribution in [0, 0.1) is 0 Å². The summed E-state index contributed by atoms with van der Waals surface area (Å²) in [4.78, 5) is 4.85. The van der Waals surface area contributed by atoms with Gasteiger partial charge >= 0.3 is 0 Å². The lowest BCUT2D eigenvalue weighted by Crippen LogP contribution is -2.43. The lowest BCUT2D eigenvalue weighted by molar-refractivity contribution is 0.148. The molecule has 0 heterocycles. The molecule has 0 saturated carbocycles. The lowest BCUT2D eigenvalue weighted by atomic mass is 10.1. The minimum Gasteiger partial charge on any atom is -0.305 e. The monoisotopic (exact) mass is 186 g/mol. The molecule has 0 radical (unpaired) electrons. The molecule has 0 unspecified atom stereocenters. The Morgan fingerprint density at radius 2 is 1.62 bits per heavy atom. The summed E-state index contributed by atoms with van der Waals surface area (Å²) in [5.74, 6) is 0. The summed E-state index contributed by atoms with van der Waals surface area (Å²) in [6, 6.07) is 1.35. The third kappa shape index (κ3) is 4.63. The molecule has 0 N–H and O–H groups in total. The molecule has 0 spiro atoms. The Hall–Kier alpha value is -0.0800. The summed E-state index contributed by atoms with van der Waals surface area (Å²) in [5.41, 5.74) is 0. The van der Waals surface area contributed by atoms with Crippen LogP contribution in [0.25, 0.3) is 0 Å². The van der Waals surface area contributed by atoms with Gasteiger partial charge in [0, 0.05) is 18.6 Å². The predicted octanol–water partition coefficient (Wildman–Crippen LogP) is 2.06. The van der Waals surface area contributed by atoms with Crippen LogP contribution in [0.2, 0.25) is 0 Å². The first-order chi connectivity index (χ1) is 6.02. The molecule has 1 atom stereocenters. The summed E-state index contributed by atoms with van der Waals surface area (Å²) in [7, 11) is 4.42. The summed E-state index contributed by atoms with van der Waals surface area (Å²) in [6.07, 6.45) is 1.24. The van der Waals surface area contributed by atoms with Crippen molar-refractivity contribution < 1.29 is 0 Å². The van der Waals surface area contributed by atoms with Crippen molar-refractivity contribution in [2.75, 3.05) is 27.2 Å². The topological polar surface area (TPSA) is 6.48 Å². The molecule has 0 bridgehead atoms. The molecule has 0 aromatic carbocycles. The zero-order valence-corrected chi connectivity index (χ0v) is 10.2. The van der Waals surface area contributed by atoms with Gasteiger partial charge in [-0.2, -0.15) is 0 Å². The molecule has 0 aliphatic heterocycles. The molecule has 13 heavy (non-hydrogen) atoms. The van der Waals surface area contributed by atoms with Crippen molar-refractivity contribution in [1.29, 1.82) is 0 Å². The Kier molecular flexibility index (Phi) is 6.35. The molecule has 0 saturated heterocycles. The van der Waals surface area contributed by atoms with E-state index in [2.05, 4.69) is 51.6 Å². The van der Waals surface area contributed by atoms with E-state index in [4.69, 9.17) is 0 Å². The highest BCUT2D eigenvalue weighted by Gasteiger charge is 2.16. The second-order valence-corrected chi connectivity index (χ2v) is 4.18. The molecule has 2 heteroatoms. The van der Waals surface area contributed by atoms with Crippen LogP contribution < -0.4 is 0 Å². The Morgan fingerprint density at radius 3 is 1.92 bits per heavy atom. The normalized spacial score (nSPS) is 14.5. The molecule has 0 fully saturated rings. The highest BCUT2D eigenvalue weighted by molar-refractivity contribution is 4.72. The van der Waals surface area contributed by atoms with Gasteiger partial charge in [-0.15, -0.1) is 0 Å². The Labute approximate surface area is 83.9 Å². The van der Waals surface area contributed by atoms with Gasteiger partial charge in [-0.05, 0) is 40.9 Å². The van der Waals surface area contributed by atoms with Crippen LogP contribution >= 0.6 is 0 Å². The van der Waals surface area contributed by atoms with Crippen LogP contribution in [0.4, 0.5) is 0 Å². The summed E-state index contributed by atoms with van der Waals surface area (Å²) in [6.45, 7) is 11.3. The van der Waals surface area contributed by atoms with E-state index in [0.717, 1.165) is 6.54 Å². The summed E-state index contributed by atoms with van der Waals surface area (Å²) < 4.78 is 0. The minimum atomic E-state index is 0.648. The Bertz CT molecular complexity index is 123. The number of hydrogen-bond acceptors (Lipinski definition) is 2. The van der Waals surface area contributed by atoms with Gasteiger partial charge < -0.3 is 4.90 Å². The lowest BCUT2D eigenvalue weighted by Gasteiger charge is -2.33. The minimum absolute atomic E-state index is 0.648. The maximum atomic E-state index is 2.46. The third-order valence-corrected chi connectivity index (χ3v) is 2.92. The van der Waals surface area contributed by atoms with E-state index in [0.29, 0.717) is 12.1 Å². The van der Waals surface area contributed by atoms with Crippen LogP contribution in [0.1, 0.15) is 34.1 Å². The van der Waals surface area contributed by atoms with Gasteiger partial charge in [0.2, 0.25) is 0 Å². The molecule has 80 valence electrons. The van der Waals surface area contributed by atoms with Gasteiger partial charge in [0.25, 0.3) is 0 Å². The maximum Gasteiger partial charge on any atom is 0.0220 e. The fraction of sp³-hybridized carbons (Fsp3) is 1.00. The number of hydrogen-bond donors (Lipinski definition) is 0. The second-order valence-electron chi connectivity index (χ2n) is 4.18. The fourth-order valence-electron chi connectivity index (χ4n) is 1.46. The molecule has 0 aromatic rings. The van der Waals surface area contributed by atoms with Crippen LogP contribution in [0.15, 0.2) is 0 Å². The zero-order chi connectivity index (χ0) is 10.4. The third-order valence-electron chi connectivity index (χ3n) is 2.92. The summed E-state index contributed by atoms with van der Waals surface area (Å²) >= 11 is 0. The molecular weight excluding hydrogens is 160 g/mol. The first kappa shape index (κ1) is 12.9. The maximum absolute atomic E-state index is 2.46. The van der Waals surface area contributed by atoms with Gasteiger partial charge in [0.1, 0.15) is 0 Å². The number of likely N-dealkylation sites (N-methyl/N-ethyl adjacent to an activating group) is 2.